The van der Waals surface area contributed by atoms with Crippen LogP contribution < -0.4 is 10.6 Å². The van der Waals surface area contributed by atoms with Crippen LogP contribution in [0.25, 0.3) is 0 Å². The van der Waals surface area contributed by atoms with E-state index in [0.717, 1.165) is 12.0 Å². The Labute approximate surface area is 147 Å². The highest BCUT2D eigenvalue weighted by atomic mass is 35.5. The number of halogens is 1. The standard InChI is InChI=1S/C18H23ClN4O/c1-12(2)8-9-20-18(24)16-10-17(23-13(3)22-16)21-11-14-6-4-5-7-15(14)19/h4-7,10,12H,8-9,11H2,1-3H3,(H,20,24)(H,21,22,23). The summed E-state index contributed by atoms with van der Waals surface area (Å²) in [5.41, 5.74) is 1.34. The molecule has 1 aromatic carbocycles. The Hall–Kier alpha value is -2.14. The maximum atomic E-state index is 12.2. The largest absolute Gasteiger partial charge is 0.366 e. The van der Waals surface area contributed by atoms with Crippen LogP contribution in [-0.4, -0.2) is 22.4 Å². The number of benzene rings is 1. The highest BCUT2D eigenvalue weighted by Gasteiger charge is 2.10. The van der Waals surface area contributed by atoms with Gasteiger partial charge in [-0.3, -0.25) is 4.79 Å². The Morgan fingerprint density at radius 2 is 2.00 bits per heavy atom. The predicted molar refractivity (Wildman–Crippen MR) is 97.3 cm³/mol. The lowest BCUT2D eigenvalue weighted by Crippen LogP contribution is -2.26. The molecule has 2 rings (SSSR count). The maximum absolute atomic E-state index is 12.2. The minimum absolute atomic E-state index is 0.179. The fraction of sp³-hybridized carbons (Fsp3) is 0.389. The monoisotopic (exact) mass is 346 g/mol. The third kappa shape index (κ3) is 5.49. The smallest absolute Gasteiger partial charge is 0.270 e. The van der Waals surface area contributed by atoms with Gasteiger partial charge in [0.1, 0.15) is 17.3 Å². The number of nitrogens with zero attached hydrogens (tertiary/aromatic N) is 2. The van der Waals surface area contributed by atoms with Gasteiger partial charge in [0.15, 0.2) is 0 Å². The summed E-state index contributed by atoms with van der Waals surface area (Å²) in [4.78, 5) is 20.7. The molecule has 5 nitrogen and oxygen atoms in total. The first kappa shape index (κ1) is 18.2. The van der Waals surface area contributed by atoms with E-state index in [2.05, 4.69) is 34.4 Å². The van der Waals surface area contributed by atoms with E-state index in [9.17, 15) is 4.79 Å². The highest BCUT2D eigenvalue weighted by molar-refractivity contribution is 6.31. The van der Waals surface area contributed by atoms with E-state index in [1.807, 2.05) is 24.3 Å². The Balaban J connectivity index is 2.02. The van der Waals surface area contributed by atoms with E-state index >= 15 is 0 Å². The summed E-state index contributed by atoms with van der Waals surface area (Å²) in [6, 6.07) is 9.27. The number of aromatic nitrogens is 2. The van der Waals surface area contributed by atoms with Gasteiger partial charge in [0.25, 0.3) is 5.91 Å². The average molecular weight is 347 g/mol. The Bertz CT molecular complexity index is 703. The molecule has 128 valence electrons. The fourth-order valence-corrected chi connectivity index (χ4v) is 2.37. The number of carbonyl (C=O) groups is 1. The second-order valence-electron chi connectivity index (χ2n) is 6.07. The minimum atomic E-state index is -0.179. The van der Waals surface area contributed by atoms with Crippen molar-refractivity contribution in [2.24, 2.45) is 5.92 Å². The zero-order valence-electron chi connectivity index (χ0n) is 14.3. The lowest BCUT2D eigenvalue weighted by atomic mass is 10.1. The molecule has 0 fully saturated rings. The first-order valence-corrected chi connectivity index (χ1v) is 8.44. The summed E-state index contributed by atoms with van der Waals surface area (Å²) in [7, 11) is 0. The molecule has 0 aliphatic heterocycles. The van der Waals surface area contributed by atoms with E-state index in [1.165, 1.54) is 0 Å². The third-order valence-electron chi connectivity index (χ3n) is 3.50. The van der Waals surface area contributed by atoms with Crippen molar-refractivity contribution in [3.8, 4) is 0 Å². The van der Waals surface area contributed by atoms with Gasteiger partial charge in [-0.15, -0.1) is 0 Å². The van der Waals surface area contributed by atoms with Crippen LogP contribution in [-0.2, 0) is 6.54 Å². The topological polar surface area (TPSA) is 66.9 Å². The molecule has 0 radical (unpaired) electrons. The molecule has 0 spiro atoms. The van der Waals surface area contributed by atoms with E-state index in [1.54, 1.807) is 13.0 Å². The lowest BCUT2D eigenvalue weighted by molar-refractivity contribution is 0.0946. The Morgan fingerprint density at radius 3 is 2.71 bits per heavy atom. The Kier molecular flexibility index (Phi) is 6.55. The van der Waals surface area contributed by atoms with Crippen molar-refractivity contribution in [1.82, 2.24) is 15.3 Å². The number of carbonyl (C=O) groups excluding carboxylic acids is 1. The van der Waals surface area contributed by atoms with Crippen molar-refractivity contribution in [1.29, 1.82) is 0 Å². The van der Waals surface area contributed by atoms with Gasteiger partial charge in [-0.1, -0.05) is 43.6 Å². The maximum Gasteiger partial charge on any atom is 0.270 e. The van der Waals surface area contributed by atoms with Gasteiger partial charge in [0.05, 0.1) is 0 Å². The molecule has 1 amide bonds. The van der Waals surface area contributed by atoms with Crippen LogP contribution in [0, 0.1) is 12.8 Å². The van der Waals surface area contributed by atoms with Crippen molar-refractivity contribution in [2.75, 3.05) is 11.9 Å². The van der Waals surface area contributed by atoms with Crippen LogP contribution in [0.3, 0.4) is 0 Å². The molecule has 0 saturated heterocycles. The van der Waals surface area contributed by atoms with E-state index < -0.39 is 0 Å². The normalized spacial score (nSPS) is 10.7. The van der Waals surface area contributed by atoms with E-state index in [0.29, 0.717) is 41.4 Å². The molecular weight excluding hydrogens is 324 g/mol. The molecule has 1 heterocycles. The van der Waals surface area contributed by atoms with Crippen LogP contribution in [0.15, 0.2) is 30.3 Å². The molecule has 6 heteroatoms. The summed E-state index contributed by atoms with van der Waals surface area (Å²) in [6.45, 7) is 7.19. The quantitative estimate of drug-likeness (QED) is 0.799. The summed E-state index contributed by atoms with van der Waals surface area (Å²) in [6.07, 6.45) is 0.938. The molecule has 0 saturated carbocycles. The third-order valence-corrected chi connectivity index (χ3v) is 3.86. The van der Waals surface area contributed by atoms with Gasteiger partial charge in [-0.2, -0.15) is 0 Å². The van der Waals surface area contributed by atoms with Gasteiger partial charge >= 0.3 is 0 Å². The predicted octanol–water partition coefficient (Wildman–Crippen LogP) is 3.83. The van der Waals surface area contributed by atoms with Gasteiger partial charge in [0, 0.05) is 24.2 Å². The first-order chi connectivity index (χ1) is 11.5. The second kappa shape index (κ2) is 8.64. The fourth-order valence-electron chi connectivity index (χ4n) is 2.17. The molecule has 1 aromatic heterocycles. The number of anilines is 1. The minimum Gasteiger partial charge on any atom is -0.366 e. The number of amides is 1. The van der Waals surface area contributed by atoms with Crippen LogP contribution >= 0.6 is 11.6 Å². The Morgan fingerprint density at radius 1 is 1.25 bits per heavy atom. The lowest BCUT2D eigenvalue weighted by Gasteiger charge is -2.10. The van der Waals surface area contributed by atoms with Crippen molar-refractivity contribution < 1.29 is 4.79 Å². The molecular formula is C18H23ClN4O. The number of aryl methyl sites for hydroxylation is 1. The zero-order chi connectivity index (χ0) is 17.5. The molecule has 0 bridgehead atoms. The second-order valence-corrected chi connectivity index (χ2v) is 6.48. The van der Waals surface area contributed by atoms with Crippen LogP contribution in [0.1, 0.15) is 42.1 Å². The molecule has 2 N–H and O–H groups in total. The van der Waals surface area contributed by atoms with Crippen LogP contribution in [0.2, 0.25) is 5.02 Å². The number of rotatable bonds is 7. The number of nitrogens with one attached hydrogen (secondary N) is 2. The van der Waals surface area contributed by atoms with Crippen molar-refractivity contribution in [3.05, 3.63) is 52.4 Å². The molecule has 0 atom stereocenters. The molecule has 2 aromatic rings. The molecule has 0 aliphatic carbocycles. The number of hydrogen-bond acceptors (Lipinski definition) is 4. The summed E-state index contributed by atoms with van der Waals surface area (Å²) < 4.78 is 0. The highest BCUT2D eigenvalue weighted by Crippen LogP contribution is 2.16. The van der Waals surface area contributed by atoms with E-state index in [-0.39, 0.29) is 5.91 Å². The average Bonchev–Trinajstić information content (AvgIpc) is 2.53. The summed E-state index contributed by atoms with van der Waals surface area (Å²) in [5, 5.41) is 6.78. The number of hydrogen-bond donors (Lipinski definition) is 2. The van der Waals surface area contributed by atoms with Crippen molar-refractivity contribution in [2.45, 2.75) is 33.7 Å². The van der Waals surface area contributed by atoms with Gasteiger partial charge in [0.2, 0.25) is 0 Å². The van der Waals surface area contributed by atoms with Crippen molar-refractivity contribution in [3.63, 3.8) is 0 Å². The molecule has 0 unspecified atom stereocenters. The van der Waals surface area contributed by atoms with Gasteiger partial charge < -0.3 is 10.6 Å². The molecule has 0 aliphatic rings. The first-order valence-electron chi connectivity index (χ1n) is 8.07. The van der Waals surface area contributed by atoms with Crippen LogP contribution in [0.5, 0.6) is 0 Å². The SMILES string of the molecule is Cc1nc(NCc2ccccc2Cl)cc(C(=O)NCCC(C)C)n1. The summed E-state index contributed by atoms with van der Waals surface area (Å²) in [5.74, 6) is 1.52. The van der Waals surface area contributed by atoms with Crippen LogP contribution in [0.4, 0.5) is 5.82 Å². The molecule has 24 heavy (non-hydrogen) atoms. The van der Waals surface area contributed by atoms with E-state index in [4.69, 9.17) is 11.6 Å². The van der Waals surface area contributed by atoms with Gasteiger partial charge in [-0.25, -0.2) is 9.97 Å². The van der Waals surface area contributed by atoms with Crippen molar-refractivity contribution >= 4 is 23.3 Å². The van der Waals surface area contributed by atoms with Gasteiger partial charge in [-0.05, 0) is 30.9 Å². The zero-order valence-corrected chi connectivity index (χ0v) is 15.0. The summed E-state index contributed by atoms with van der Waals surface area (Å²) >= 11 is 6.15.